The number of β-amino-alcohol motifs (C(OH)–C–C–N with tert-alkyl or cyclic N) is 1. The lowest BCUT2D eigenvalue weighted by molar-refractivity contribution is 0.0703. The number of amides is 1. The van der Waals surface area contributed by atoms with Crippen LogP contribution in [0.25, 0.3) is 10.9 Å². The number of carbonyl (C=O) groups is 1. The topological polar surface area (TPSA) is 56.7 Å². The van der Waals surface area contributed by atoms with Crippen molar-refractivity contribution >= 4 is 16.8 Å². The first-order valence-electron chi connectivity index (χ1n) is 9.63. The van der Waals surface area contributed by atoms with Gasteiger partial charge < -0.3 is 10.0 Å². The van der Waals surface area contributed by atoms with E-state index in [0.717, 1.165) is 35.2 Å². The van der Waals surface area contributed by atoms with E-state index in [2.05, 4.69) is 9.88 Å². The molecule has 2 aromatic rings. The van der Waals surface area contributed by atoms with Crippen LogP contribution in [0.1, 0.15) is 40.9 Å². The molecule has 5 nitrogen and oxygen atoms in total. The molecule has 2 aliphatic rings. The number of hydrogen-bond acceptors (Lipinski definition) is 4. The highest BCUT2D eigenvalue weighted by Crippen LogP contribution is 2.26. The Labute approximate surface area is 154 Å². The maximum atomic E-state index is 13.3. The Morgan fingerprint density at radius 1 is 1.15 bits per heavy atom. The van der Waals surface area contributed by atoms with E-state index in [1.165, 1.54) is 19.3 Å². The third kappa shape index (κ3) is 3.10. The van der Waals surface area contributed by atoms with Gasteiger partial charge >= 0.3 is 0 Å². The fourth-order valence-corrected chi connectivity index (χ4v) is 4.41. The van der Waals surface area contributed by atoms with Gasteiger partial charge in [0.05, 0.1) is 23.2 Å². The molecule has 2 saturated heterocycles. The molecule has 1 aromatic heterocycles. The van der Waals surface area contributed by atoms with Crippen LogP contribution in [0.15, 0.2) is 24.3 Å². The molecule has 0 bridgehead atoms. The molecule has 2 atom stereocenters. The number of fused-ring (bicyclic) bond motifs is 1. The van der Waals surface area contributed by atoms with Crippen molar-refractivity contribution in [3.05, 3.63) is 41.1 Å². The number of rotatable bonds is 2. The lowest BCUT2D eigenvalue weighted by Crippen LogP contribution is -2.46. The number of aliphatic hydroxyl groups excluding tert-OH is 1. The summed E-state index contributed by atoms with van der Waals surface area (Å²) in [5, 5.41) is 11.5. The number of hydrogen-bond donors (Lipinski definition) is 1. The molecule has 0 aliphatic carbocycles. The monoisotopic (exact) mass is 353 g/mol. The van der Waals surface area contributed by atoms with Gasteiger partial charge in [-0.25, -0.2) is 0 Å². The summed E-state index contributed by atoms with van der Waals surface area (Å²) in [4.78, 5) is 22.1. The summed E-state index contributed by atoms with van der Waals surface area (Å²) in [6, 6.07) is 7.91. The molecule has 0 spiro atoms. The molecule has 2 aliphatic heterocycles. The molecular formula is C21H27N3O2. The van der Waals surface area contributed by atoms with Crippen molar-refractivity contribution in [2.24, 2.45) is 0 Å². The molecule has 4 rings (SSSR count). The second-order valence-corrected chi connectivity index (χ2v) is 7.72. The van der Waals surface area contributed by atoms with Gasteiger partial charge in [0.25, 0.3) is 5.91 Å². The van der Waals surface area contributed by atoms with Gasteiger partial charge in [-0.2, -0.15) is 0 Å². The van der Waals surface area contributed by atoms with E-state index in [-0.39, 0.29) is 11.9 Å². The molecule has 0 unspecified atom stereocenters. The Morgan fingerprint density at radius 2 is 1.92 bits per heavy atom. The molecule has 1 N–H and O–H groups in total. The number of piperidine rings is 1. The van der Waals surface area contributed by atoms with Crippen LogP contribution in [0.4, 0.5) is 0 Å². The molecule has 1 aromatic carbocycles. The van der Waals surface area contributed by atoms with Gasteiger partial charge in [-0.15, -0.1) is 0 Å². The van der Waals surface area contributed by atoms with Gasteiger partial charge in [0.1, 0.15) is 0 Å². The van der Waals surface area contributed by atoms with E-state index in [1.807, 2.05) is 43.0 Å². The summed E-state index contributed by atoms with van der Waals surface area (Å²) in [6.07, 6.45) is 3.17. The highest BCUT2D eigenvalue weighted by molar-refractivity contribution is 6.07. The predicted octanol–water partition coefficient (Wildman–Crippen LogP) is 2.52. The molecule has 3 heterocycles. The van der Waals surface area contributed by atoms with Gasteiger partial charge in [0, 0.05) is 24.2 Å². The molecule has 5 heteroatoms. The molecule has 26 heavy (non-hydrogen) atoms. The van der Waals surface area contributed by atoms with Crippen molar-refractivity contribution in [2.75, 3.05) is 26.2 Å². The third-order valence-electron chi connectivity index (χ3n) is 5.81. The van der Waals surface area contributed by atoms with E-state index in [0.29, 0.717) is 18.7 Å². The summed E-state index contributed by atoms with van der Waals surface area (Å²) in [6.45, 7) is 7.02. The van der Waals surface area contributed by atoms with Crippen molar-refractivity contribution in [1.82, 2.24) is 14.8 Å². The summed E-state index contributed by atoms with van der Waals surface area (Å²) < 4.78 is 0. The largest absolute Gasteiger partial charge is 0.390 e. The second-order valence-electron chi connectivity index (χ2n) is 7.72. The number of carbonyl (C=O) groups excluding carboxylic acids is 1. The van der Waals surface area contributed by atoms with Crippen LogP contribution >= 0.6 is 0 Å². The number of aryl methyl sites for hydroxylation is 2. The fourth-order valence-electron chi connectivity index (χ4n) is 4.41. The normalized spacial score (nSPS) is 24.3. The lowest BCUT2D eigenvalue weighted by Gasteiger charge is -2.33. The standard InChI is InChI=1S/C21H27N3O2/c1-14-7-6-8-16-17(11-15(2)22-20(14)16)21(26)24-12-18(19(25)13-24)23-9-4-3-5-10-23/h6-8,11,18-19,25H,3-5,9-10,12-13H2,1-2H3/t18-,19-/m0/s1. The van der Waals surface area contributed by atoms with Gasteiger partial charge in [0.15, 0.2) is 0 Å². The maximum absolute atomic E-state index is 13.3. The van der Waals surface area contributed by atoms with Crippen LogP contribution in [0, 0.1) is 13.8 Å². The van der Waals surface area contributed by atoms with Crippen LogP contribution < -0.4 is 0 Å². The highest BCUT2D eigenvalue weighted by atomic mass is 16.3. The van der Waals surface area contributed by atoms with Crippen molar-refractivity contribution in [3.8, 4) is 0 Å². The van der Waals surface area contributed by atoms with E-state index in [9.17, 15) is 9.90 Å². The minimum atomic E-state index is -0.465. The minimum absolute atomic E-state index is 0.00431. The third-order valence-corrected chi connectivity index (χ3v) is 5.81. The van der Waals surface area contributed by atoms with Crippen LogP contribution in [0.3, 0.4) is 0 Å². The number of para-hydroxylation sites is 1. The van der Waals surface area contributed by atoms with Crippen molar-refractivity contribution in [3.63, 3.8) is 0 Å². The van der Waals surface area contributed by atoms with E-state index in [1.54, 1.807) is 0 Å². The Morgan fingerprint density at radius 3 is 2.69 bits per heavy atom. The van der Waals surface area contributed by atoms with Crippen molar-refractivity contribution < 1.29 is 9.90 Å². The average molecular weight is 353 g/mol. The van der Waals surface area contributed by atoms with Gasteiger partial charge in [-0.1, -0.05) is 24.6 Å². The first-order chi connectivity index (χ1) is 12.5. The van der Waals surface area contributed by atoms with Crippen LogP contribution in [0.5, 0.6) is 0 Å². The number of pyridine rings is 1. The zero-order chi connectivity index (χ0) is 18.3. The SMILES string of the molecule is Cc1cc(C(=O)N2C[C@H](O)[C@@H](N3CCCCC3)C2)c2cccc(C)c2n1. The first-order valence-corrected chi connectivity index (χ1v) is 9.63. The summed E-state index contributed by atoms with van der Waals surface area (Å²) >= 11 is 0. The summed E-state index contributed by atoms with van der Waals surface area (Å²) in [7, 11) is 0. The molecular weight excluding hydrogens is 326 g/mol. The van der Waals surface area contributed by atoms with E-state index in [4.69, 9.17) is 0 Å². The molecule has 2 fully saturated rings. The van der Waals surface area contributed by atoms with Crippen LogP contribution in [-0.4, -0.2) is 64.1 Å². The Kier molecular flexibility index (Phi) is 4.67. The molecule has 0 saturated carbocycles. The Bertz CT molecular complexity index is 829. The van der Waals surface area contributed by atoms with Crippen LogP contribution in [0.2, 0.25) is 0 Å². The summed E-state index contributed by atoms with van der Waals surface area (Å²) in [5.41, 5.74) is 3.52. The molecule has 138 valence electrons. The fraction of sp³-hybridized carbons (Fsp3) is 0.524. The number of benzene rings is 1. The average Bonchev–Trinajstić information content (AvgIpc) is 3.04. The highest BCUT2D eigenvalue weighted by Gasteiger charge is 2.38. The summed E-state index contributed by atoms with van der Waals surface area (Å²) in [5.74, 6) is 0.00431. The van der Waals surface area contributed by atoms with Crippen molar-refractivity contribution in [1.29, 1.82) is 0 Å². The number of nitrogens with zero attached hydrogens (tertiary/aromatic N) is 3. The molecule has 0 radical (unpaired) electrons. The van der Waals surface area contributed by atoms with E-state index < -0.39 is 6.10 Å². The first kappa shape index (κ1) is 17.4. The Balaban J connectivity index is 1.62. The zero-order valence-corrected chi connectivity index (χ0v) is 15.6. The number of likely N-dealkylation sites (tertiary alicyclic amines) is 2. The smallest absolute Gasteiger partial charge is 0.254 e. The van der Waals surface area contributed by atoms with Gasteiger partial charge in [-0.05, 0) is 51.4 Å². The van der Waals surface area contributed by atoms with Gasteiger partial charge in [0.2, 0.25) is 0 Å². The van der Waals surface area contributed by atoms with Crippen molar-refractivity contribution in [2.45, 2.75) is 45.3 Å². The number of aromatic nitrogens is 1. The number of aliphatic hydroxyl groups is 1. The second kappa shape index (κ2) is 6.97. The predicted molar refractivity (Wildman–Crippen MR) is 102 cm³/mol. The quantitative estimate of drug-likeness (QED) is 0.901. The minimum Gasteiger partial charge on any atom is -0.390 e. The zero-order valence-electron chi connectivity index (χ0n) is 15.6. The Hall–Kier alpha value is -1.98. The maximum Gasteiger partial charge on any atom is 0.254 e. The lowest BCUT2D eigenvalue weighted by atomic mass is 10.0. The van der Waals surface area contributed by atoms with E-state index >= 15 is 0 Å². The molecule has 1 amide bonds. The van der Waals surface area contributed by atoms with Gasteiger partial charge in [-0.3, -0.25) is 14.7 Å². The van der Waals surface area contributed by atoms with Crippen LogP contribution in [-0.2, 0) is 0 Å².